The van der Waals surface area contributed by atoms with Gasteiger partial charge in [0.25, 0.3) is 0 Å². The Morgan fingerprint density at radius 1 is 1.08 bits per heavy atom. The number of fused-ring (bicyclic) bond motifs is 1. The number of hydrogen-bond donors (Lipinski definition) is 0. The molecule has 0 saturated heterocycles. The van der Waals surface area contributed by atoms with Crippen LogP contribution >= 0.6 is 11.6 Å². The third-order valence-electron chi connectivity index (χ3n) is 2.44. The predicted molar refractivity (Wildman–Crippen MR) is 48.4 cm³/mol. The van der Waals surface area contributed by atoms with Gasteiger partial charge in [0.1, 0.15) is 0 Å². The second-order valence-electron chi connectivity index (χ2n) is 3.24. The average Bonchev–Trinajstić information content (AvgIpc) is 2.12. The van der Waals surface area contributed by atoms with E-state index in [2.05, 4.69) is 10.2 Å². The fraction of sp³-hybridized carbons (Fsp3) is 0.556. The minimum absolute atomic E-state index is 0.607. The molecular weight excluding hydrogens is 172 g/mol. The normalized spacial score (nSPS) is 15.8. The summed E-state index contributed by atoms with van der Waals surface area (Å²) in [7, 11) is 0. The van der Waals surface area contributed by atoms with Gasteiger partial charge in [-0.05, 0) is 43.7 Å². The third-order valence-corrected chi connectivity index (χ3v) is 2.75. The monoisotopic (exact) mass is 182 g/mol. The summed E-state index contributed by atoms with van der Waals surface area (Å²) < 4.78 is 0. The lowest BCUT2D eigenvalue weighted by Crippen LogP contribution is -2.08. The van der Waals surface area contributed by atoms with Crippen molar-refractivity contribution in [2.75, 3.05) is 0 Å². The topological polar surface area (TPSA) is 25.8 Å². The molecule has 1 aliphatic rings. The Bertz CT molecular complexity index is 279. The zero-order chi connectivity index (χ0) is 8.55. The number of aryl methyl sites for hydroxylation is 1. The highest BCUT2D eigenvalue weighted by molar-refractivity contribution is 6.30. The summed E-state index contributed by atoms with van der Waals surface area (Å²) in [5.41, 5.74) is 3.62. The van der Waals surface area contributed by atoms with Crippen LogP contribution < -0.4 is 0 Å². The summed E-state index contributed by atoms with van der Waals surface area (Å²) >= 11 is 5.94. The lowest BCUT2D eigenvalue weighted by atomic mass is 9.92. The second kappa shape index (κ2) is 3.02. The summed E-state index contributed by atoms with van der Waals surface area (Å²) in [5.74, 6) is 0. The number of halogens is 1. The van der Waals surface area contributed by atoms with E-state index in [0.29, 0.717) is 5.15 Å². The Balaban J connectivity index is 2.57. The van der Waals surface area contributed by atoms with Gasteiger partial charge in [-0.2, -0.15) is 5.10 Å². The van der Waals surface area contributed by atoms with Gasteiger partial charge in [-0.15, -0.1) is 5.10 Å². The molecule has 3 heteroatoms. The first kappa shape index (κ1) is 7.99. The maximum atomic E-state index is 5.94. The fourth-order valence-corrected chi connectivity index (χ4v) is 2.02. The predicted octanol–water partition coefficient (Wildman–Crippen LogP) is 2.32. The van der Waals surface area contributed by atoms with Crippen LogP contribution in [0.15, 0.2) is 0 Å². The van der Waals surface area contributed by atoms with Crippen LogP contribution in [0, 0.1) is 6.92 Å². The summed E-state index contributed by atoms with van der Waals surface area (Å²) in [5, 5.41) is 8.52. The van der Waals surface area contributed by atoms with Crippen molar-refractivity contribution in [3.63, 3.8) is 0 Å². The Labute approximate surface area is 77.0 Å². The van der Waals surface area contributed by atoms with E-state index in [-0.39, 0.29) is 0 Å². The van der Waals surface area contributed by atoms with Gasteiger partial charge in [0.2, 0.25) is 0 Å². The summed E-state index contributed by atoms with van der Waals surface area (Å²) in [6.07, 6.45) is 4.69. The first-order valence-electron chi connectivity index (χ1n) is 4.29. The Morgan fingerprint density at radius 3 is 2.42 bits per heavy atom. The van der Waals surface area contributed by atoms with E-state index in [1.165, 1.54) is 24.0 Å². The van der Waals surface area contributed by atoms with Gasteiger partial charge >= 0.3 is 0 Å². The van der Waals surface area contributed by atoms with Crippen molar-refractivity contribution < 1.29 is 0 Å². The van der Waals surface area contributed by atoms with Gasteiger partial charge in [-0.1, -0.05) is 11.6 Å². The van der Waals surface area contributed by atoms with Crippen molar-refractivity contribution in [2.24, 2.45) is 0 Å². The van der Waals surface area contributed by atoms with Gasteiger partial charge < -0.3 is 0 Å². The molecule has 1 aromatic rings. The molecule has 1 aliphatic carbocycles. The molecule has 1 aromatic heterocycles. The molecule has 0 amide bonds. The maximum absolute atomic E-state index is 5.94. The van der Waals surface area contributed by atoms with E-state index in [1.54, 1.807) is 0 Å². The molecule has 0 unspecified atom stereocenters. The van der Waals surface area contributed by atoms with Gasteiger partial charge in [0, 0.05) is 0 Å². The van der Waals surface area contributed by atoms with E-state index in [1.807, 2.05) is 6.92 Å². The first-order chi connectivity index (χ1) is 5.79. The average molecular weight is 183 g/mol. The minimum atomic E-state index is 0.607. The molecule has 0 radical (unpaired) electrons. The van der Waals surface area contributed by atoms with Crippen LogP contribution in [0.1, 0.15) is 29.7 Å². The molecule has 0 spiro atoms. The van der Waals surface area contributed by atoms with Crippen molar-refractivity contribution >= 4 is 11.6 Å². The van der Waals surface area contributed by atoms with E-state index in [4.69, 9.17) is 11.6 Å². The van der Waals surface area contributed by atoms with E-state index < -0.39 is 0 Å². The second-order valence-corrected chi connectivity index (χ2v) is 3.60. The molecule has 64 valence electrons. The zero-order valence-electron chi connectivity index (χ0n) is 7.10. The van der Waals surface area contributed by atoms with Crippen LogP contribution in [0.5, 0.6) is 0 Å². The lowest BCUT2D eigenvalue weighted by molar-refractivity contribution is 0.667. The Kier molecular flexibility index (Phi) is 2.01. The quantitative estimate of drug-likeness (QED) is 0.616. The number of hydrogen-bond acceptors (Lipinski definition) is 2. The summed E-state index contributed by atoms with van der Waals surface area (Å²) in [6, 6.07) is 0. The van der Waals surface area contributed by atoms with Crippen molar-refractivity contribution in [3.8, 4) is 0 Å². The summed E-state index contributed by atoms with van der Waals surface area (Å²) in [4.78, 5) is 0. The van der Waals surface area contributed by atoms with Crippen LogP contribution in [-0.4, -0.2) is 10.2 Å². The van der Waals surface area contributed by atoms with E-state index in [9.17, 15) is 0 Å². The van der Waals surface area contributed by atoms with Crippen molar-refractivity contribution in [2.45, 2.75) is 32.6 Å². The van der Waals surface area contributed by atoms with Crippen LogP contribution in [0.25, 0.3) is 0 Å². The number of nitrogens with zero attached hydrogens (tertiary/aromatic N) is 2. The van der Waals surface area contributed by atoms with Gasteiger partial charge in [0.15, 0.2) is 5.15 Å². The van der Waals surface area contributed by atoms with E-state index in [0.717, 1.165) is 18.5 Å². The van der Waals surface area contributed by atoms with Gasteiger partial charge in [-0.3, -0.25) is 0 Å². The standard InChI is InChI=1S/C9H11ClN2/c1-6-7-4-2-3-5-8(7)9(10)12-11-6/h2-5H2,1H3. The molecule has 0 saturated carbocycles. The molecule has 2 nitrogen and oxygen atoms in total. The molecule has 0 atom stereocenters. The van der Waals surface area contributed by atoms with Gasteiger partial charge in [-0.25, -0.2) is 0 Å². The highest BCUT2D eigenvalue weighted by Gasteiger charge is 2.15. The van der Waals surface area contributed by atoms with E-state index >= 15 is 0 Å². The van der Waals surface area contributed by atoms with Crippen molar-refractivity contribution in [1.29, 1.82) is 0 Å². The zero-order valence-corrected chi connectivity index (χ0v) is 7.86. The van der Waals surface area contributed by atoms with Crippen LogP contribution in [-0.2, 0) is 12.8 Å². The van der Waals surface area contributed by atoms with Gasteiger partial charge in [0.05, 0.1) is 5.69 Å². The van der Waals surface area contributed by atoms with Crippen LogP contribution in [0.2, 0.25) is 5.15 Å². The Morgan fingerprint density at radius 2 is 1.75 bits per heavy atom. The fourth-order valence-electron chi connectivity index (χ4n) is 1.77. The Hall–Kier alpha value is -0.630. The molecule has 12 heavy (non-hydrogen) atoms. The first-order valence-corrected chi connectivity index (χ1v) is 4.67. The van der Waals surface area contributed by atoms with Crippen LogP contribution in [0.3, 0.4) is 0 Å². The lowest BCUT2D eigenvalue weighted by Gasteiger charge is -2.16. The number of aromatic nitrogens is 2. The third kappa shape index (κ3) is 1.20. The molecule has 1 heterocycles. The minimum Gasteiger partial charge on any atom is -0.154 e. The molecular formula is C9H11ClN2. The largest absolute Gasteiger partial charge is 0.155 e. The molecule has 0 aliphatic heterocycles. The van der Waals surface area contributed by atoms with Crippen LogP contribution in [0.4, 0.5) is 0 Å². The van der Waals surface area contributed by atoms with Crippen molar-refractivity contribution in [1.82, 2.24) is 10.2 Å². The maximum Gasteiger partial charge on any atom is 0.155 e. The highest BCUT2D eigenvalue weighted by atomic mass is 35.5. The molecule has 0 N–H and O–H groups in total. The smallest absolute Gasteiger partial charge is 0.154 e. The SMILES string of the molecule is Cc1nnc(Cl)c2c1CCCC2. The molecule has 0 bridgehead atoms. The molecule has 2 rings (SSSR count). The molecule has 0 fully saturated rings. The highest BCUT2D eigenvalue weighted by Crippen LogP contribution is 2.26. The summed E-state index contributed by atoms with van der Waals surface area (Å²) in [6.45, 7) is 2.01. The number of rotatable bonds is 0. The molecule has 0 aromatic carbocycles. The van der Waals surface area contributed by atoms with Crippen molar-refractivity contribution in [3.05, 3.63) is 22.0 Å².